The molecule has 1 aromatic rings. The van der Waals surface area contributed by atoms with Crippen molar-refractivity contribution in [1.82, 2.24) is 16.0 Å². The zero-order chi connectivity index (χ0) is 25.7. The maximum absolute atomic E-state index is 12.9. The van der Waals surface area contributed by atoms with E-state index in [2.05, 4.69) is 16.0 Å². The molecule has 9 N–H and O–H groups in total. The van der Waals surface area contributed by atoms with Gasteiger partial charge in [0.25, 0.3) is 0 Å². The van der Waals surface area contributed by atoms with E-state index in [1.807, 2.05) is 6.26 Å². The molecule has 4 unspecified atom stereocenters. The van der Waals surface area contributed by atoms with Crippen molar-refractivity contribution in [1.29, 1.82) is 0 Å². The quantitative estimate of drug-likeness (QED) is 0.139. The van der Waals surface area contributed by atoms with Gasteiger partial charge >= 0.3 is 5.97 Å². The Balaban J connectivity index is 3.05. The highest BCUT2D eigenvalue weighted by atomic mass is 32.2. The van der Waals surface area contributed by atoms with E-state index < -0.39 is 66.8 Å². The topological polar surface area (TPSA) is 214 Å². The first-order valence-electron chi connectivity index (χ1n) is 10.4. The summed E-state index contributed by atoms with van der Waals surface area (Å²) in [6.07, 6.45) is 1.62. The Labute approximate surface area is 201 Å². The SMILES string of the molecule is CSCCC(N)C(=O)NC(CC(N)=O)C(=O)NC(Cc1ccccc1)C(=O)NC(CO)C(=O)O. The standard InChI is InChI=1S/C21H31N5O7S/c1-34-8-7-13(22)18(29)24-15(10-17(23)28)20(31)25-14(9-12-5-3-2-4-6-12)19(30)26-16(11-27)21(32)33/h2-6,13-16,27H,7-11,22H2,1H3,(H2,23,28)(H,24,29)(H,25,31)(H,26,30)(H,32,33). The highest BCUT2D eigenvalue weighted by Gasteiger charge is 2.31. The van der Waals surface area contributed by atoms with E-state index in [0.29, 0.717) is 17.7 Å². The van der Waals surface area contributed by atoms with Gasteiger partial charge < -0.3 is 37.6 Å². The lowest BCUT2D eigenvalue weighted by Gasteiger charge is -2.24. The second kappa shape index (κ2) is 14.9. The van der Waals surface area contributed by atoms with E-state index >= 15 is 0 Å². The number of aliphatic hydroxyl groups is 1. The molecule has 0 spiro atoms. The van der Waals surface area contributed by atoms with Gasteiger partial charge in [0.1, 0.15) is 18.1 Å². The van der Waals surface area contributed by atoms with Gasteiger partial charge in [-0.3, -0.25) is 19.2 Å². The van der Waals surface area contributed by atoms with Crippen molar-refractivity contribution < 1.29 is 34.2 Å². The molecular weight excluding hydrogens is 466 g/mol. The summed E-state index contributed by atoms with van der Waals surface area (Å²) in [5.41, 5.74) is 11.7. The van der Waals surface area contributed by atoms with Gasteiger partial charge in [-0.2, -0.15) is 11.8 Å². The molecule has 0 radical (unpaired) electrons. The first-order valence-corrected chi connectivity index (χ1v) is 11.8. The number of amides is 4. The number of hydrogen-bond acceptors (Lipinski definition) is 8. The predicted molar refractivity (Wildman–Crippen MR) is 125 cm³/mol. The third kappa shape index (κ3) is 10.2. The molecule has 4 atom stereocenters. The minimum atomic E-state index is -1.58. The maximum Gasteiger partial charge on any atom is 0.328 e. The molecule has 0 aliphatic carbocycles. The molecule has 0 aliphatic heterocycles. The zero-order valence-corrected chi connectivity index (χ0v) is 19.5. The van der Waals surface area contributed by atoms with E-state index in [9.17, 15) is 29.1 Å². The molecule has 0 fully saturated rings. The van der Waals surface area contributed by atoms with E-state index in [1.54, 1.807) is 30.3 Å². The number of benzene rings is 1. The van der Waals surface area contributed by atoms with Crippen LogP contribution in [0.1, 0.15) is 18.4 Å². The smallest absolute Gasteiger partial charge is 0.328 e. The Kier molecular flexibility index (Phi) is 12.6. The molecule has 0 bridgehead atoms. The van der Waals surface area contributed by atoms with Crippen molar-refractivity contribution in [2.24, 2.45) is 11.5 Å². The fourth-order valence-corrected chi connectivity index (χ4v) is 3.34. The van der Waals surface area contributed by atoms with Crippen molar-refractivity contribution in [3.63, 3.8) is 0 Å². The van der Waals surface area contributed by atoms with E-state index in [4.69, 9.17) is 16.6 Å². The largest absolute Gasteiger partial charge is 0.480 e. The molecule has 12 nitrogen and oxygen atoms in total. The average Bonchev–Trinajstić information content (AvgIpc) is 2.79. The first-order chi connectivity index (χ1) is 16.1. The number of aliphatic carboxylic acids is 1. The van der Waals surface area contributed by atoms with Gasteiger partial charge in [0.15, 0.2) is 0 Å². The second-order valence-electron chi connectivity index (χ2n) is 7.45. The Morgan fingerprint density at radius 3 is 2.03 bits per heavy atom. The number of nitrogens with two attached hydrogens (primary N) is 2. The van der Waals surface area contributed by atoms with Crippen molar-refractivity contribution >= 4 is 41.4 Å². The van der Waals surface area contributed by atoms with Crippen LogP contribution in [0.25, 0.3) is 0 Å². The molecule has 1 aromatic carbocycles. The third-order valence-corrected chi connectivity index (χ3v) is 5.36. The molecule has 0 heterocycles. The summed E-state index contributed by atoms with van der Waals surface area (Å²) in [5, 5.41) is 25.3. The molecule has 0 aromatic heterocycles. The lowest BCUT2D eigenvalue weighted by molar-refractivity contribution is -0.143. The summed E-state index contributed by atoms with van der Waals surface area (Å²) in [4.78, 5) is 60.7. The molecule has 4 amide bonds. The van der Waals surface area contributed by atoms with Gasteiger partial charge in [-0.25, -0.2) is 4.79 Å². The van der Waals surface area contributed by atoms with Gasteiger partial charge in [-0.15, -0.1) is 0 Å². The molecule has 0 aliphatic rings. The van der Waals surface area contributed by atoms with Crippen molar-refractivity contribution in [2.75, 3.05) is 18.6 Å². The van der Waals surface area contributed by atoms with Crippen LogP contribution in [-0.2, 0) is 30.4 Å². The van der Waals surface area contributed by atoms with Gasteiger partial charge in [-0.1, -0.05) is 30.3 Å². The van der Waals surface area contributed by atoms with Gasteiger partial charge in [0, 0.05) is 6.42 Å². The zero-order valence-electron chi connectivity index (χ0n) is 18.7. The van der Waals surface area contributed by atoms with Crippen LogP contribution >= 0.6 is 11.8 Å². The van der Waals surface area contributed by atoms with Crippen LogP contribution < -0.4 is 27.4 Å². The van der Waals surface area contributed by atoms with Crippen molar-refractivity contribution in [3.8, 4) is 0 Å². The fourth-order valence-electron chi connectivity index (χ4n) is 2.85. The Morgan fingerprint density at radius 1 is 0.941 bits per heavy atom. The lowest BCUT2D eigenvalue weighted by atomic mass is 10.0. The number of thioether (sulfide) groups is 1. The van der Waals surface area contributed by atoms with Gasteiger partial charge in [0.05, 0.1) is 19.1 Å². The summed E-state index contributed by atoms with van der Waals surface area (Å²) < 4.78 is 0. The maximum atomic E-state index is 12.9. The van der Waals surface area contributed by atoms with E-state index in [1.165, 1.54) is 11.8 Å². The number of carboxylic acid groups (broad SMARTS) is 1. The van der Waals surface area contributed by atoms with Crippen LogP contribution in [0.5, 0.6) is 0 Å². The van der Waals surface area contributed by atoms with E-state index in [-0.39, 0.29) is 6.42 Å². The van der Waals surface area contributed by atoms with E-state index in [0.717, 1.165) is 0 Å². The predicted octanol–water partition coefficient (Wildman–Crippen LogP) is -2.28. The Hall–Kier alpha value is -3.16. The summed E-state index contributed by atoms with van der Waals surface area (Å²) in [7, 11) is 0. The number of carboxylic acids is 1. The highest BCUT2D eigenvalue weighted by molar-refractivity contribution is 7.98. The van der Waals surface area contributed by atoms with Crippen molar-refractivity contribution in [3.05, 3.63) is 35.9 Å². The number of rotatable bonds is 15. The second-order valence-corrected chi connectivity index (χ2v) is 8.44. The average molecular weight is 498 g/mol. The summed E-state index contributed by atoms with van der Waals surface area (Å²) in [6, 6.07) is 3.39. The van der Waals surface area contributed by atoms with Crippen LogP contribution in [0.3, 0.4) is 0 Å². The summed E-state index contributed by atoms with van der Waals surface area (Å²) in [5.74, 6) is -4.13. The molecular formula is C21H31N5O7S. The van der Waals surface area contributed by atoms with Crippen LogP contribution in [-0.4, -0.2) is 82.6 Å². The molecule has 1 rings (SSSR count). The molecule has 13 heteroatoms. The summed E-state index contributed by atoms with van der Waals surface area (Å²) >= 11 is 1.49. The third-order valence-electron chi connectivity index (χ3n) is 4.72. The Bertz CT molecular complexity index is 855. The Morgan fingerprint density at radius 2 is 1.50 bits per heavy atom. The lowest BCUT2D eigenvalue weighted by Crippen LogP contribution is -2.58. The van der Waals surface area contributed by atoms with Crippen molar-refractivity contribution in [2.45, 2.75) is 43.4 Å². The number of aliphatic hydroxyl groups excluding tert-OH is 1. The minimum Gasteiger partial charge on any atom is -0.480 e. The van der Waals surface area contributed by atoms with Gasteiger partial charge in [-0.05, 0) is 24.0 Å². The van der Waals surface area contributed by atoms with Crippen LogP contribution in [0.15, 0.2) is 30.3 Å². The number of carbonyl (C=O) groups excluding carboxylic acids is 4. The molecule has 34 heavy (non-hydrogen) atoms. The van der Waals surface area contributed by atoms with Gasteiger partial charge in [0.2, 0.25) is 23.6 Å². The van der Waals surface area contributed by atoms with Crippen LogP contribution in [0.2, 0.25) is 0 Å². The fraction of sp³-hybridized carbons (Fsp3) is 0.476. The summed E-state index contributed by atoms with van der Waals surface area (Å²) in [6.45, 7) is -0.860. The number of primary amides is 1. The minimum absolute atomic E-state index is 0.0271. The molecule has 0 saturated heterocycles. The monoisotopic (exact) mass is 497 g/mol. The van der Waals surface area contributed by atoms with Crippen LogP contribution in [0.4, 0.5) is 0 Å². The number of carbonyl (C=O) groups is 5. The number of nitrogens with one attached hydrogen (secondary N) is 3. The van der Waals surface area contributed by atoms with Crippen LogP contribution in [0, 0.1) is 0 Å². The molecule has 0 saturated carbocycles. The highest BCUT2D eigenvalue weighted by Crippen LogP contribution is 2.06. The number of hydrogen-bond donors (Lipinski definition) is 7. The normalized spacial score (nSPS) is 14.2. The molecule has 188 valence electrons. The first kappa shape index (κ1) is 28.9.